The third-order valence-corrected chi connectivity index (χ3v) is 4.47. The van der Waals surface area contributed by atoms with Crippen LogP contribution in [-0.4, -0.2) is 6.54 Å². The van der Waals surface area contributed by atoms with Gasteiger partial charge in [-0.1, -0.05) is 32.3 Å². The van der Waals surface area contributed by atoms with Crippen LogP contribution >= 0.6 is 0 Å². The minimum atomic E-state index is -0.769. The van der Waals surface area contributed by atoms with E-state index in [2.05, 4.69) is 6.92 Å². The lowest BCUT2D eigenvalue weighted by atomic mass is 9.70. The quantitative estimate of drug-likeness (QED) is 0.868. The van der Waals surface area contributed by atoms with E-state index in [-0.39, 0.29) is 5.92 Å². The maximum absolute atomic E-state index is 13.4. The van der Waals surface area contributed by atoms with Gasteiger partial charge >= 0.3 is 0 Å². The molecule has 3 atom stereocenters. The van der Waals surface area contributed by atoms with E-state index in [1.165, 1.54) is 31.4 Å². The van der Waals surface area contributed by atoms with Crippen molar-refractivity contribution in [2.24, 2.45) is 17.6 Å². The predicted molar refractivity (Wildman–Crippen MR) is 73.9 cm³/mol. The van der Waals surface area contributed by atoms with Crippen molar-refractivity contribution in [2.75, 3.05) is 6.54 Å². The van der Waals surface area contributed by atoms with Gasteiger partial charge < -0.3 is 5.73 Å². The van der Waals surface area contributed by atoms with Crippen molar-refractivity contribution in [1.29, 1.82) is 0 Å². The molecule has 1 saturated carbocycles. The van der Waals surface area contributed by atoms with Crippen molar-refractivity contribution in [2.45, 2.75) is 44.9 Å². The second kappa shape index (κ2) is 6.47. The largest absolute Gasteiger partial charge is 0.330 e. The summed E-state index contributed by atoms with van der Waals surface area (Å²) in [4.78, 5) is 0. The van der Waals surface area contributed by atoms with Crippen LogP contribution in [0.25, 0.3) is 0 Å². The first-order chi connectivity index (χ1) is 9.15. The van der Waals surface area contributed by atoms with Crippen LogP contribution in [0.3, 0.4) is 0 Å². The SMILES string of the molecule is CCCC1CCC(CN)C(c2ccc(F)c(F)c2)C1. The lowest BCUT2D eigenvalue weighted by molar-refractivity contribution is 0.229. The molecule has 0 radical (unpaired) electrons. The zero-order valence-corrected chi connectivity index (χ0v) is 11.5. The lowest BCUT2D eigenvalue weighted by Gasteiger charge is -2.36. The molecule has 0 spiro atoms. The Labute approximate surface area is 114 Å². The molecule has 1 aromatic carbocycles. The summed E-state index contributed by atoms with van der Waals surface area (Å²) in [6.45, 7) is 2.82. The third kappa shape index (κ3) is 3.33. The maximum Gasteiger partial charge on any atom is 0.159 e. The minimum Gasteiger partial charge on any atom is -0.330 e. The Hall–Kier alpha value is -0.960. The van der Waals surface area contributed by atoms with Gasteiger partial charge in [-0.25, -0.2) is 8.78 Å². The van der Waals surface area contributed by atoms with Crippen LogP contribution in [-0.2, 0) is 0 Å². The van der Waals surface area contributed by atoms with Gasteiger partial charge in [-0.3, -0.25) is 0 Å². The monoisotopic (exact) mass is 267 g/mol. The Kier molecular flexibility index (Phi) is 4.92. The highest BCUT2D eigenvalue weighted by molar-refractivity contribution is 5.23. The standard InChI is InChI=1S/C16H23F2N/c1-2-3-11-4-5-13(10-19)14(8-11)12-6-7-15(17)16(18)9-12/h6-7,9,11,13-14H,2-5,8,10,19H2,1H3. The minimum absolute atomic E-state index is 0.283. The molecule has 1 aromatic rings. The van der Waals surface area contributed by atoms with E-state index < -0.39 is 11.6 Å². The van der Waals surface area contributed by atoms with E-state index in [1.807, 2.05) is 0 Å². The summed E-state index contributed by atoms with van der Waals surface area (Å²) in [5, 5.41) is 0. The van der Waals surface area contributed by atoms with Gasteiger partial charge in [0.25, 0.3) is 0 Å². The van der Waals surface area contributed by atoms with E-state index >= 15 is 0 Å². The number of hydrogen-bond acceptors (Lipinski definition) is 1. The van der Waals surface area contributed by atoms with Gasteiger partial charge in [0.2, 0.25) is 0 Å². The van der Waals surface area contributed by atoms with E-state index in [9.17, 15) is 8.78 Å². The smallest absolute Gasteiger partial charge is 0.159 e. The molecular weight excluding hydrogens is 244 g/mol. The lowest BCUT2D eigenvalue weighted by Crippen LogP contribution is -2.29. The number of halogens is 2. The number of nitrogens with two attached hydrogens (primary N) is 1. The van der Waals surface area contributed by atoms with Gasteiger partial charge in [-0.05, 0) is 54.8 Å². The molecule has 2 N–H and O–H groups in total. The summed E-state index contributed by atoms with van der Waals surface area (Å²) in [5.74, 6) is -0.130. The van der Waals surface area contributed by atoms with Crippen LogP contribution in [0.4, 0.5) is 8.78 Å². The summed E-state index contributed by atoms with van der Waals surface area (Å²) in [6, 6.07) is 4.32. The van der Waals surface area contributed by atoms with E-state index in [1.54, 1.807) is 6.07 Å². The van der Waals surface area contributed by atoms with Crippen LogP contribution in [0.1, 0.15) is 50.5 Å². The van der Waals surface area contributed by atoms with Gasteiger partial charge in [-0.2, -0.15) is 0 Å². The zero-order valence-electron chi connectivity index (χ0n) is 11.5. The summed E-state index contributed by atoms with van der Waals surface area (Å²) in [6.07, 6.45) is 5.78. The first kappa shape index (κ1) is 14.4. The topological polar surface area (TPSA) is 26.0 Å². The molecule has 3 heteroatoms. The molecule has 2 rings (SSSR count). The van der Waals surface area contributed by atoms with Crippen LogP contribution in [0, 0.1) is 23.5 Å². The molecule has 1 fully saturated rings. The molecule has 19 heavy (non-hydrogen) atoms. The molecule has 0 heterocycles. The Morgan fingerprint density at radius 1 is 1.21 bits per heavy atom. The third-order valence-electron chi connectivity index (χ3n) is 4.47. The highest BCUT2D eigenvalue weighted by atomic mass is 19.2. The van der Waals surface area contributed by atoms with E-state index in [0.717, 1.165) is 18.4 Å². The highest BCUT2D eigenvalue weighted by Crippen LogP contribution is 2.41. The van der Waals surface area contributed by atoms with Gasteiger partial charge in [0.15, 0.2) is 11.6 Å². The van der Waals surface area contributed by atoms with Gasteiger partial charge in [-0.15, -0.1) is 0 Å². The molecule has 0 amide bonds. The molecule has 0 saturated heterocycles. The van der Waals surface area contributed by atoms with E-state index in [4.69, 9.17) is 5.73 Å². The summed E-state index contributed by atoms with van der Waals surface area (Å²) in [7, 11) is 0. The van der Waals surface area contributed by atoms with Gasteiger partial charge in [0.05, 0.1) is 0 Å². The van der Waals surface area contributed by atoms with Crippen LogP contribution in [0.5, 0.6) is 0 Å². The Bertz CT molecular complexity index is 419. The number of hydrogen-bond donors (Lipinski definition) is 1. The van der Waals surface area contributed by atoms with Crippen LogP contribution in [0.2, 0.25) is 0 Å². The molecule has 0 bridgehead atoms. The highest BCUT2D eigenvalue weighted by Gasteiger charge is 2.30. The number of benzene rings is 1. The summed E-state index contributed by atoms with van der Waals surface area (Å²) < 4.78 is 26.4. The fourth-order valence-corrected chi connectivity index (χ4v) is 3.42. The molecule has 3 unspecified atom stereocenters. The van der Waals surface area contributed by atoms with Gasteiger partial charge in [0.1, 0.15) is 0 Å². The molecule has 106 valence electrons. The van der Waals surface area contributed by atoms with Crippen molar-refractivity contribution in [3.63, 3.8) is 0 Å². The van der Waals surface area contributed by atoms with Gasteiger partial charge in [0, 0.05) is 0 Å². The first-order valence-electron chi connectivity index (χ1n) is 7.30. The van der Waals surface area contributed by atoms with E-state index in [0.29, 0.717) is 18.4 Å². The van der Waals surface area contributed by atoms with Crippen molar-refractivity contribution in [3.8, 4) is 0 Å². The van der Waals surface area contributed by atoms with Crippen molar-refractivity contribution in [1.82, 2.24) is 0 Å². The van der Waals surface area contributed by atoms with Crippen molar-refractivity contribution < 1.29 is 8.78 Å². The second-order valence-corrected chi connectivity index (χ2v) is 5.74. The fourth-order valence-electron chi connectivity index (χ4n) is 3.42. The average Bonchev–Trinajstić information content (AvgIpc) is 2.42. The Balaban J connectivity index is 2.19. The summed E-state index contributed by atoms with van der Waals surface area (Å²) in [5.41, 5.74) is 6.76. The van der Waals surface area contributed by atoms with Crippen LogP contribution in [0.15, 0.2) is 18.2 Å². The molecule has 1 aliphatic carbocycles. The number of rotatable bonds is 4. The molecule has 0 aromatic heterocycles. The molecular formula is C16H23F2N. The summed E-state index contributed by atoms with van der Waals surface area (Å²) >= 11 is 0. The van der Waals surface area contributed by atoms with Crippen LogP contribution < -0.4 is 5.73 Å². The molecule has 1 nitrogen and oxygen atoms in total. The fraction of sp³-hybridized carbons (Fsp3) is 0.625. The Morgan fingerprint density at radius 3 is 2.63 bits per heavy atom. The maximum atomic E-state index is 13.4. The molecule has 1 aliphatic rings. The average molecular weight is 267 g/mol. The van der Waals surface area contributed by atoms with Crippen molar-refractivity contribution >= 4 is 0 Å². The Morgan fingerprint density at radius 2 is 2.00 bits per heavy atom. The zero-order chi connectivity index (χ0) is 13.8. The predicted octanol–water partition coefficient (Wildman–Crippen LogP) is 4.22. The normalized spacial score (nSPS) is 27.5. The first-order valence-corrected chi connectivity index (χ1v) is 7.30. The molecule has 0 aliphatic heterocycles. The van der Waals surface area contributed by atoms with Crippen molar-refractivity contribution in [3.05, 3.63) is 35.4 Å². The second-order valence-electron chi connectivity index (χ2n) is 5.74.